The van der Waals surface area contributed by atoms with E-state index in [1.807, 2.05) is 0 Å². The molecule has 0 aliphatic carbocycles. The average Bonchev–Trinajstić information content (AvgIpc) is 2.41. The highest BCUT2D eigenvalue weighted by Crippen LogP contribution is 2.22. The summed E-state index contributed by atoms with van der Waals surface area (Å²) >= 11 is 0. The minimum Gasteiger partial charge on any atom is -0.205 e. The third kappa shape index (κ3) is 1.42. The van der Waals surface area contributed by atoms with Crippen LogP contribution < -0.4 is 9.75 Å². The molecule has 0 aromatic carbocycles. The number of hydrogen-bond donors (Lipinski definition) is 0. The van der Waals surface area contributed by atoms with E-state index in [0.29, 0.717) is 0 Å². The van der Waals surface area contributed by atoms with Crippen molar-refractivity contribution >= 4 is 13.3 Å². The molecule has 0 saturated heterocycles. The summed E-state index contributed by atoms with van der Waals surface area (Å²) in [6.07, 6.45) is 4.82. The molecule has 0 atom stereocenters. The standard InChI is InChI=1S/C12H20NSi/c1-5-11-8-12-10(9-13(11)2)6-7-14(12,3)4/h8-9H,5-7H2,1-4H3/q+1. The molecule has 0 unspecified atom stereocenters. The van der Waals surface area contributed by atoms with Gasteiger partial charge in [0.25, 0.3) is 0 Å². The summed E-state index contributed by atoms with van der Waals surface area (Å²) in [5.41, 5.74) is 3.09. The Labute approximate surface area is 87.8 Å². The maximum Gasteiger partial charge on any atom is 0.180 e. The lowest BCUT2D eigenvalue weighted by molar-refractivity contribution is -0.679. The maximum absolute atomic E-state index is 2.50. The Bertz CT molecular complexity index is 369. The summed E-state index contributed by atoms with van der Waals surface area (Å²) in [4.78, 5) is 0. The number of nitrogens with zero attached hydrogens (tertiary/aromatic N) is 1. The van der Waals surface area contributed by atoms with Crippen molar-refractivity contribution in [1.82, 2.24) is 0 Å². The van der Waals surface area contributed by atoms with Crippen LogP contribution in [0.15, 0.2) is 12.3 Å². The minimum absolute atomic E-state index is 1.04. The predicted molar refractivity (Wildman–Crippen MR) is 62.6 cm³/mol. The van der Waals surface area contributed by atoms with Crippen molar-refractivity contribution in [3.05, 3.63) is 23.5 Å². The fourth-order valence-electron chi connectivity index (χ4n) is 2.51. The first-order chi connectivity index (χ1) is 6.54. The van der Waals surface area contributed by atoms with Crippen molar-refractivity contribution in [1.29, 1.82) is 0 Å². The van der Waals surface area contributed by atoms with Gasteiger partial charge in [-0.05, 0) is 17.7 Å². The highest BCUT2D eigenvalue weighted by atomic mass is 28.3. The number of aryl methyl sites for hydroxylation is 3. The molecule has 76 valence electrons. The summed E-state index contributed by atoms with van der Waals surface area (Å²) in [6, 6.07) is 3.91. The topological polar surface area (TPSA) is 3.88 Å². The van der Waals surface area contributed by atoms with Crippen molar-refractivity contribution in [3.8, 4) is 0 Å². The molecule has 1 aliphatic rings. The van der Waals surface area contributed by atoms with Gasteiger partial charge in [0.1, 0.15) is 7.05 Å². The van der Waals surface area contributed by atoms with Gasteiger partial charge in [-0.2, -0.15) is 0 Å². The molecule has 0 saturated carbocycles. The second-order valence-corrected chi connectivity index (χ2v) is 9.86. The molecule has 2 heteroatoms. The Balaban J connectivity index is 2.56. The molecule has 0 amide bonds. The molecule has 1 aliphatic heterocycles. The van der Waals surface area contributed by atoms with Crippen molar-refractivity contribution in [2.45, 2.75) is 38.9 Å². The van der Waals surface area contributed by atoms with Gasteiger partial charge in [-0.3, -0.25) is 0 Å². The first kappa shape index (κ1) is 9.90. The van der Waals surface area contributed by atoms with Crippen molar-refractivity contribution in [2.75, 3.05) is 0 Å². The second-order valence-electron chi connectivity index (χ2n) is 5.05. The van der Waals surface area contributed by atoms with E-state index in [-0.39, 0.29) is 0 Å². The van der Waals surface area contributed by atoms with Crippen molar-refractivity contribution in [3.63, 3.8) is 0 Å². The van der Waals surface area contributed by atoms with Crippen LogP contribution in [0.3, 0.4) is 0 Å². The van der Waals surface area contributed by atoms with E-state index in [4.69, 9.17) is 0 Å². The Kier molecular flexibility index (Phi) is 2.26. The third-order valence-electron chi connectivity index (χ3n) is 3.57. The van der Waals surface area contributed by atoms with E-state index >= 15 is 0 Å². The molecule has 2 heterocycles. The fourth-order valence-corrected chi connectivity index (χ4v) is 5.29. The molecular formula is C12H20NSi+. The molecule has 0 spiro atoms. The Morgan fingerprint density at radius 1 is 1.43 bits per heavy atom. The van der Waals surface area contributed by atoms with Gasteiger partial charge in [-0.15, -0.1) is 0 Å². The Morgan fingerprint density at radius 2 is 2.14 bits per heavy atom. The van der Waals surface area contributed by atoms with Gasteiger partial charge in [-0.1, -0.05) is 20.0 Å². The lowest BCUT2D eigenvalue weighted by Crippen LogP contribution is -2.43. The largest absolute Gasteiger partial charge is 0.205 e. The SMILES string of the molecule is CCc1cc2c(c[n+]1C)CC[Si]2(C)C. The van der Waals surface area contributed by atoms with E-state index in [1.54, 1.807) is 10.8 Å². The highest BCUT2D eigenvalue weighted by Gasteiger charge is 2.34. The summed E-state index contributed by atoms with van der Waals surface area (Å²) in [7, 11) is 1.13. The van der Waals surface area contributed by atoms with Gasteiger partial charge in [0.2, 0.25) is 0 Å². The van der Waals surface area contributed by atoms with Gasteiger partial charge < -0.3 is 0 Å². The average molecular weight is 206 g/mol. The van der Waals surface area contributed by atoms with Crippen LogP contribution >= 0.6 is 0 Å². The number of rotatable bonds is 1. The molecule has 2 rings (SSSR count). The summed E-state index contributed by atoms with van der Waals surface area (Å²) in [6.45, 7) is 7.24. The Hall–Kier alpha value is -0.633. The quantitative estimate of drug-likeness (QED) is 0.485. The second kappa shape index (κ2) is 3.19. The smallest absolute Gasteiger partial charge is 0.180 e. The minimum atomic E-state index is -1.04. The molecule has 0 N–H and O–H groups in total. The number of pyridine rings is 1. The van der Waals surface area contributed by atoms with Gasteiger partial charge in [0.05, 0.1) is 8.07 Å². The summed E-state index contributed by atoms with van der Waals surface area (Å²) in [5.74, 6) is 0. The zero-order valence-corrected chi connectivity index (χ0v) is 10.7. The van der Waals surface area contributed by atoms with Gasteiger partial charge in [0, 0.05) is 18.1 Å². The normalized spacial score (nSPS) is 18.3. The number of aromatic nitrogens is 1. The lowest BCUT2D eigenvalue weighted by atomic mass is 10.2. The highest BCUT2D eigenvalue weighted by molar-refractivity contribution is 6.91. The maximum atomic E-state index is 2.50. The lowest BCUT2D eigenvalue weighted by Gasteiger charge is -2.15. The van der Waals surface area contributed by atoms with Crippen LogP contribution in [0, 0.1) is 0 Å². The molecule has 1 nitrogen and oxygen atoms in total. The van der Waals surface area contributed by atoms with E-state index in [2.05, 4.69) is 43.9 Å². The Morgan fingerprint density at radius 3 is 2.79 bits per heavy atom. The molecule has 0 bridgehead atoms. The van der Waals surface area contributed by atoms with Gasteiger partial charge in [-0.25, -0.2) is 4.57 Å². The van der Waals surface area contributed by atoms with Crippen LogP contribution in [0.2, 0.25) is 19.1 Å². The van der Waals surface area contributed by atoms with Crippen molar-refractivity contribution in [2.24, 2.45) is 7.05 Å². The molecular weight excluding hydrogens is 186 g/mol. The van der Waals surface area contributed by atoms with Crippen LogP contribution in [-0.4, -0.2) is 8.07 Å². The van der Waals surface area contributed by atoms with Crippen LogP contribution in [0.4, 0.5) is 0 Å². The van der Waals surface area contributed by atoms with Crippen LogP contribution in [0.5, 0.6) is 0 Å². The van der Waals surface area contributed by atoms with Crippen molar-refractivity contribution < 1.29 is 4.57 Å². The van der Waals surface area contributed by atoms with Crippen LogP contribution in [0.25, 0.3) is 0 Å². The third-order valence-corrected chi connectivity index (χ3v) is 6.99. The predicted octanol–water partition coefficient (Wildman–Crippen LogP) is 1.54. The number of fused-ring (bicyclic) bond motifs is 1. The molecule has 1 aromatic heterocycles. The van der Waals surface area contributed by atoms with Gasteiger partial charge >= 0.3 is 0 Å². The van der Waals surface area contributed by atoms with Gasteiger partial charge in [0.15, 0.2) is 11.9 Å². The fraction of sp³-hybridized carbons (Fsp3) is 0.583. The molecule has 0 fully saturated rings. The number of hydrogen-bond acceptors (Lipinski definition) is 0. The monoisotopic (exact) mass is 206 g/mol. The molecule has 0 radical (unpaired) electrons. The van der Waals surface area contributed by atoms with Crippen LogP contribution in [0.1, 0.15) is 18.2 Å². The zero-order chi connectivity index (χ0) is 10.3. The summed E-state index contributed by atoms with van der Waals surface area (Å²) < 4.78 is 2.30. The van der Waals surface area contributed by atoms with E-state index in [0.717, 1.165) is 6.42 Å². The van der Waals surface area contributed by atoms with E-state index in [1.165, 1.54) is 18.2 Å². The van der Waals surface area contributed by atoms with E-state index < -0.39 is 8.07 Å². The molecule has 14 heavy (non-hydrogen) atoms. The zero-order valence-electron chi connectivity index (χ0n) is 9.72. The molecule has 1 aromatic rings. The first-order valence-corrected chi connectivity index (χ1v) is 8.77. The van der Waals surface area contributed by atoms with Crippen LogP contribution in [-0.2, 0) is 19.9 Å². The van der Waals surface area contributed by atoms with E-state index in [9.17, 15) is 0 Å². The summed E-state index contributed by atoms with van der Waals surface area (Å²) in [5, 5.41) is 1.72. The first-order valence-electron chi connectivity index (χ1n) is 5.56.